The van der Waals surface area contributed by atoms with Crippen molar-refractivity contribution in [2.24, 2.45) is 0 Å². The number of amides is 2. The molecule has 0 aliphatic carbocycles. The Morgan fingerprint density at radius 3 is 2.33 bits per heavy atom. The fraction of sp³-hybridized carbons (Fsp3) is 0.385. The van der Waals surface area contributed by atoms with Gasteiger partial charge in [0.25, 0.3) is 6.43 Å². The maximum Gasteiger partial charge on any atom is 0.330 e. The number of alkyl halides is 2. The van der Waals surface area contributed by atoms with Gasteiger partial charge in [-0.2, -0.15) is 0 Å². The Morgan fingerprint density at radius 1 is 1.24 bits per heavy atom. The third-order valence-electron chi connectivity index (χ3n) is 2.66. The van der Waals surface area contributed by atoms with Crippen molar-refractivity contribution in [1.82, 2.24) is 10.2 Å². The van der Waals surface area contributed by atoms with Gasteiger partial charge in [-0.25, -0.2) is 18.4 Å². The van der Waals surface area contributed by atoms with Crippen LogP contribution >= 0.6 is 0 Å². The Kier molecular flexibility index (Phi) is 6.54. The quantitative estimate of drug-likeness (QED) is 0.703. The molecule has 3 N–H and O–H groups in total. The van der Waals surface area contributed by atoms with Gasteiger partial charge in [0.05, 0.1) is 13.2 Å². The monoisotopic (exact) mass is 302 g/mol. The van der Waals surface area contributed by atoms with Gasteiger partial charge in [-0.3, -0.25) is 0 Å². The van der Waals surface area contributed by atoms with Crippen molar-refractivity contribution >= 4 is 12.0 Å². The number of urea groups is 1. The van der Waals surface area contributed by atoms with E-state index in [1.54, 1.807) is 18.2 Å². The van der Waals surface area contributed by atoms with Gasteiger partial charge in [-0.05, 0) is 5.56 Å². The average Bonchev–Trinajstić information content (AvgIpc) is 2.44. The van der Waals surface area contributed by atoms with Crippen molar-refractivity contribution in [2.45, 2.75) is 12.5 Å². The fourth-order valence-electron chi connectivity index (χ4n) is 1.71. The number of carboxylic acid groups (broad SMARTS) is 1. The van der Waals surface area contributed by atoms with E-state index in [4.69, 9.17) is 10.2 Å². The molecular formula is C13H16F2N2O4. The Labute approximate surface area is 120 Å². The summed E-state index contributed by atoms with van der Waals surface area (Å²) in [4.78, 5) is 23.7. The summed E-state index contributed by atoms with van der Waals surface area (Å²) < 4.78 is 24.7. The van der Waals surface area contributed by atoms with Crippen LogP contribution in [0.4, 0.5) is 13.6 Å². The Hall–Kier alpha value is -2.22. The second kappa shape index (κ2) is 8.15. The zero-order chi connectivity index (χ0) is 15.8. The molecular weight excluding hydrogens is 286 g/mol. The molecule has 1 rings (SSSR count). The average molecular weight is 302 g/mol. The first kappa shape index (κ1) is 16.8. The van der Waals surface area contributed by atoms with Crippen LogP contribution in [-0.4, -0.2) is 53.2 Å². The third kappa shape index (κ3) is 5.35. The van der Waals surface area contributed by atoms with Crippen LogP contribution in [0.3, 0.4) is 0 Å². The Morgan fingerprint density at radius 2 is 1.86 bits per heavy atom. The number of nitrogens with one attached hydrogen (secondary N) is 1. The maximum absolute atomic E-state index is 12.4. The zero-order valence-electron chi connectivity index (χ0n) is 11.1. The topological polar surface area (TPSA) is 89.9 Å². The minimum atomic E-state index is -2.78. The molecule has 0 heterocycles. The van der Waals surface area contributed by atoms with Crippen molar-refractivity contribution in [3.8, 4) is 0 Å². The molecule has 0 aliphatic heterocycles. The van der Waals surface area contributed by atoms with Crippen LogP contribution < -0.4 is 5.32 Å². The number of nitrogens with zero attached hydrogens (tertiary/aromatic N) is 1. The van der Waals surface area contributed by atoms with Crippen LogP contribution in [-0.2, 0) is 4.79 Å². The van der Waals surface area contributed by atoms with E-state index in [0.717, 1.165) is 0 Å². The molecule has 116 valence electrons. The molecule has 1 aromatic rings. The van der Waals surface area contributed by atoms with Crippen LogP contribution in [0.15, 0.2) is 30.3 Å². The smallest absolute Gasteiger partial charge is 0.330 e. The fourth-order valence-corrected chi connectivity index (χ4v) is 1.71. The van der Waals surface area contributed by atoms with Gasteiger partial charge < -0.3 is 20.4 Å². The molecule has 0 spiro atoms. The lowest BCUT2D eigenvalue weighted by molar-refractivity contribution is -0.139. The van der Waals surface area contributed by atoms with Crippen LogP contribution in [0.5, 0.6) is 0 Å². The van der Waals surface area contributed by atoms with Crippen molar-refractivity contribution in [3.63, 3.8) is 0 Å². The number of rotatable bonds is 7. The Balaban J connectivity index is 2.82. The molecule has 6 nitrogen and oxygen atoms in total. The second-order valence-corrected chi connectivity index (χ2v) is 4.19. The van der Waals surface area contributed by atoms with Crippen molar-refractivity contribution < 1.29 is 28.6 Å². The maximum atomic E-state index is 12.4. The van der Waals surface area contributed by atoms with E-state index < -0.39 is 37.6 Å². The standard InChI is InChI=1S/C13H16F2N2O4/c14-10(15)8-17(6-7-18)13(21)16-11(12(19)20)9-4-2-1-3-5-9/h1-5,10-11,18H,6-8H2,(H,16,21)(H,19,20)/t11-/m0/s1. The molecule has 0 bridgehead atoms. The number of carbonyl (C=O) groups is 2. The largest absolute Gasteiger partial charge is 0.479 e. The SMILES string of the molecule is O=C(O)[C@@H](NC(=O)N(CCO)CC(F)F)c1ccccc1. The summed E-state index contributed by atoms with van der Waals surface area (Å²) in [6.45, 7) is -1.69. The van der Waals surface area contributed by atoms with Gasteiger partial charge >= 0.3 is 12.0 Å². The third-order valence-corrected chi connectivity index (χ3v) is 2.66. The van der Waals surface area contributed by atoms with Crippen LogP contribution in [0, 0.1) is 0 Å². The van der Waals surface area contributed by atoms with Gasteiger partial charge in [-0.1, -0.05) is 30.3 Å². The minimum absolute atomic E-state index is 0.308. The highest BCUT2D eigenvalue weighted by molar-refractivity contribution is 5.83. The van der Waals surface area contributed by atoms with Crippen molar-refractivity contribution in [2.75, 3.05) is 19.7 Å². The molecule has 1 atom stereocenters. The number of carbonyl (C=O) groups excluding carboxylic acids is 1. The summed E-state index contributed by atoms with van der Waals surface area (Å²) in [7, 11) is 0. The number of hydrogen-bond acceptors (Lipinski definition) is 3. The number of aliphatic hydroxyl groups excluding tert-OH is 1. The minimum Gasteiger partial charge on any atom is -0.479 e. The molecule has 0 radical (unpaired) electrons. The second-order valence-electron chi connectivity index (χ2n) is 4.19. The van der Waals surface area contributed by atoms with E-state index in [1.807, 2.05) is 0 Å². The Bertz CT molecular complexity index is 470. The molecule has 21 heavy (non-hydrogen) atoms. The molecule has 0 fully saturated rings. The molecule has 0 saturated carbocycles. The molecule has 0 aliphatic rings. The summed E-state index contributed by atoms with van der Waals surface area (Å²) in [5.41, 5.74) is 0.319. The summed E-state index contributed by atoms with van der Waals surface area (Å²) in [6, 6.07) is 5.56. The molecule has 8 heteroatoms. The van der Waals surface area contributed by atoms with E-state index in [0.29, 0.717) is 10.5 Å². The molecule has 1 aromatic carbocycles. The highest BCUT2D eigenvalue weighted by atomic mass is 19.3. The van der Waals surface area contributed by atoms with Crippen LogP contribution in [0.1, 0.15) is 11.6 Å². The van der Waals surface area contributed by atoms with Gasteiger partial charge in [0.15, 0.2) is 6.04 Å². The van der Waals surface area contributed by atoms with Crippen LogP contribution in [0.25, 0.3) is 0 Å². The van der Waals surface area contributed by atoms with Gasteiger partial charge in [-0.15, -0.1) is 0 Å². The number of aliphatic carboxylic acids is 1. The zero-order valence-corrected chi connectivity index (χ0v) is 11.1. The number of benzene rings is 1. The summed E-state index contributed by atoms with van der Waals surface area (Å²) in [6.07, 6.45) is -2.78. The van der Waals surface area contributed by atoms with E-state index in [1.165, 1.54) is 12.1 Å². The number of carboxylic acids is 1. The predicted molar refractivity (Wildman–Crippen MR) is 70.0 cm³/mol. The van der Waals surface area contributed by atoms with Crippen LogP contribution in [0.2, 0.25) is 0 Å². The lowest BCUT2D eigenvalue weighted by atomic mass is 10.1. The first-order valence-corrected chi connectivity index (χ1v) is 6.18. The molecule has 2 amide bonds. The van der Waals surface area contributed by atoms with E-state index >= 15 is 0 Å². The first-order valence-electron chi connectivity index (χ1n) is 6.18. The van der Waals surface area contributed by atoms with Gasteiger partial charge in [0.1, 0.15) is 0 Å². The highest BCUT2D eigenvalue weighted by Gasteiger charge is 2.25. The molecule has 0 aromatic heterocycles. The summed E-state index contributed by atoms with van der Waals surface area (Å²) in [5.74, 6) is -1.31. The first-order chi connectivity index (χ1) is 9.95. The van der Waals surface area contributed by atoms with Crippen molar-refractivity contribution in [3.05, 3.63) is 35.9 Å². The van der Waals surface area contributed by atoms with Gasteiger partial charge in [0.2, 0.25) is 0 Å². The lowest BCUT2D eigenvalue weighted by Crippen LogP contribution is -2.46. The van der Waals surface area contributed by atoms with Crippen molar-refractivity contribution in [1.29, 1.82) is 0 Å². The number of hydrogen-bond donors (Lipinski definition) is 3. The van der Waals surface area contributed by atoms with E-state index in [-0.39, 0.29) is 6.54 Å². The summed E-state index contributed by atoms with van der Waals surface area (Å²) >= 11 is 0. The van der Waals surface area contributed by atoms with Gasteiger partial charge in [0, 0.05) is 6.54 Å². The normalized spacial score (nSPS) is 12.0. The lowest BCUT2D eigenvalue weighted by Gasteiger charge is -2.24. The number of aliphatic hydroxyl groups is 1. The highest BCUT2D eigenvalue weighted by Crippen LogP contribution is 2.13. The predicted octanol–water partition coefficient (Wildman–Crippen LogP) is 1.08. The molecule has 0 saturated heterocycles. The van der Waals surface area contributed by atoms with E-state index in [9.17, 15) is 18.4 Å². The van der Waals surface area contributed by atoms with E-state index in [2.05, 4.69) is 5.32 Å². The molecule has 0 unspecified atom stereocenters. The summed E-state index contributed by atoms with van der Waals surface area (Å²) in [5, 5.41) is 20.1. The number of halogens is 2.